The molecule has 0 aliphatic heterocycles. The van der Waals surface area contributed by atoms with E-state index < -0.39 is 0 Å². The predicted octanol–water partition coefficient (Wildman–Crippen LogP) is 2.86. The van der Waals surface area contributed by atoms with E-state index in [0.717, 1.165) is 36.4 Å². The van der Waals surface area contributed by atoms with E-state index in [2.05, 4.69) is 24.1 Å². The Bertz CT molecular complexity index is 442. The van der Waals surface area contributed by atoms with Crippen molar-refractivity contribution in [3.63, 3.8) is 0 Å². The average Bonchev–Trinajstić information content (AvgIpc) is 3.02. The van der Waals surface area contributed by atoms with Crippen LogP contribution in [0.3, 0.4) is 0 Å². The van der Waals surface area contributed by atoms with Crippen molar-refractivity contribution < 1.29 is 5.11 Å². The maximum atomic E-state index is 10.2. The van der Waals surface area contributed by atoms with Gasteiger partial charge in [0.05, 0.1) is 6.10 Å². The number of aliphatic hydroxyl groups is 1. The first-order valence-corrected chi connectivity index (χ1v) is 7.32. The summed E-state index contributed by atoms with van der Waals surface area (Å²) in [5.74, 6) is 2.42. The molecular weight excluding hydrogens is 234 g/mol. The maximum Gasteiger partial charge on any atom is 0.0916 e. The molecule has 19 heavy (non-hydrogen) atoms. The smallest absolute Gasteiger partial charge is 0.0916 e. The van der Waals surface area contributed by atoms with Crippen LogP contribution in [0.2, 0.25) is 0 Å². The number of rotatable bonds is 5. The minimum Gasteiger partial charge on any atom is -0.387 e. The summed E-state index contributed by atoms with van der Waals surface area (Å²) in [5.41, 5.74) is 1.02. The zero-order chi connectivity index (χ0) is 13.2. The van der Waals surface area contributed by atoms with Crippen LogP contribution >= 0.6 is 0 Å². The number of allylic oxidation sites excluding steroid dienone is 2. The molecule has 1 fully saturated rings. The molecule has 0 saturated heterocycles. The second kappa shape index (κ2) is 5.48. The molecule has 0 amide bonds. The van der Waals surface area contributed by atoms with Crippen molar-refractivity contribution in [1.82, 2.24) is 4.90 Å². The second-order valence-corrected chi connectivity index (χ2v) is 6.19. The summed E-state index contributed by atoms with van der Waals surface area (Å²) in [4.78, 5) is 2.29. The molecule has 3 rings (SSSR count). The molecule has 2 aliphatic rings. The molecule has 1 aromatic rings. The highest BCUT2D eigenvalue weighted by Crippen LogP contribution is 2.43. The number of hydrogen-bond acceptors (Lipinski definition) is 2. The van der Waals surface area contributed by atoms with Gasteiger partial charge in [-0.1, -0.05) is 42.5 Å². The highest BCUT2D eigenvalue weighted by atomic mass is 16.3. The van der Waals surface area contributed by atoms with Crippen molar-refractivity contribution >= 4 is 0 Å². The Hall–Kier alpha value is -1.12. The number of aliphatic hydroxyl groups excluding tert-OH is 1. The number of fused-ring (bicyclic) bond motifs is 2. The summed E-state index contributed by atoms with van der Waals surface area (Å²) in [7, 11) is 2.13. The summed E-state index contributed by atoms with van der Waals surface area (Å²) in [6.07, 6.45) is 7.12. The van der Waals surface area contributed by atoms with Gasteiger partial charge in [-0.05, 0) is 43.2 Å². The normalized spacial score (nSPS) is 30.2. The Morgan fingerprint density at radius 2 is 2.00 bits per heavy atom. The molecule has 1 N–H and O–H groups in total. The maximum absolute atomic E-state index is 10.2. The molecule has 4 atom stereocenters. The Morgan fingerprint density at radius 3 is 2.63 bits per heavy atom. The fourth-order valence-electron chi connectivity index (χ4n) is 3.66. The fraction of sp³-hybridized carbons (Fsp3) is 0.529. The number of nitrogens with zero attached hydrogens (tertiary/aromatic N) is 1. The first-order valence-electron chi connectivity index (χ1n) is 7.32. The van der Waals surface area contributed by atoms with E-state index in [1.165, 1.54) is 12.8 Å². The lowest BCUT2D eigenvalue weighted by molar-refractivity contribution is 0.115. The van der Waals surface area contributed by atoms with Crippen LogP contribution in [0.4, 0.5) is 0 Å². The van der Waals surface area contributed by atoms with Gasteiger partial charge in [-0.3, -0.25) is 0 Å². The van der Waals surface area contributed by atoms with Crippen molar-refractivity contribution in [1.29, 1.82) is 0 Å². The van der Waals surface area contributed by atoms with Gasteiger partial charge in [-0.25, -0.2) is 0 Å². The third-order valence-electron chi connectivity index (χ3n) is 4.63. The number of likely N-dealkylation sites (N-methyl/N-ethyl adjacent to an activating group) is 1. The van der Waals surface area contributed by atoms with E-state index in [4.69, 9.17) is 0 Å². The van der Waals surface area contributed by atoms with E-state index >= 15 is 0 Å². The predicted molar refractivity (Wildman–Crippen MR) is 77.7 cm³/mol. The van der Waals surface area contributed by atoms with Crippen molar-refractivity contribution in [2.75, 3.05) is 20.1 Å². The Kier molecular flexibility index (Phi) is 3.72. The largest absolute Gasteiger partial charge is 0.387 e. The fourth-order valence-corrected chi connectivity index (χ4v) is 3.66. The van der Waals surface area contributed by atoms with E-state index in [-0.39, 0.29) is 6.10 Å². The molecule has 2 bridgehead atoms. The van der Waals surface area contributed by atoms with Crippen LogP contribution in [0, 0.1) is 17.8 Å². The summed E-state index contributed by atoms with van der Waals surface area (Å²) < 4.78 is 0. The molecule has 2 nitrogen and oxygen atoms in total. The Labute approximate surface area is 115 Å². The van der Waals surface area contributed by atoms with Gasteiger partial charge in [0.2, 0.25) is 0 Å². The van der Waals surface area contributed by atoms with Crippen molar-refractivity contribution in [2.24, 2.45) is 17.8 Å². The lowest BCUT2D eigenvalue weighted by atomic mass is 9.93. The Morgan fingerprint density at radius 1 is 1.21 bits per heavy atom. The van der Waals surface area contributed by atoms with Crippen LogP contribution in [0.1, 0.15) is 24.5 Å². The molecule has 0 unspecified atom stereocenters. The Balaban J connectivity index is 1.51. The van der Waals surface area contributed by atoms with Crippen LogP contribution in [-0.4, -0.2) is 30.1 Å². The van der Waals surface area contributed by atoms with E-state index in [1.807, 2.05) is 30.3 Å². The number of benzene rings is 1. The topological polar surface area (TPSA) is 23.5 Å². The first kappa shape index (κ1) is 12.9. The zero-order valence-corrected chi connectivity index (χ0v) is 11.6. The first-order chi connectivity index (χ1) is 9.22. The van der Waals surface area contributed by atoms with Gasteiger partial charge >= 0.3 is 0 Å². The molecule has 102 valence electrons. The molecule has 1 aromatic carbocycles. The van der Waals surface area contributed by atoms with Gasteiger partial charge in [0.25, 0.3) is 0 Å². The summed E-state index contributed by atoms with van der Waals surface area (Å²) in [5, 5.41) is 10.2. The van der Waals surface area contributed by atoms with Crippen molar-refractivity contribution in [2.45, 2.75) is 18.9 Å². The summed E-state index contributed by atoms with van der Waals surface area (Å²) in [6.45, 7) is 1.83. The molecule has 2 aliphatic carbocycles. The summed E-state index contributed by atoms with van der Waals surface area (Å²) >= 11 is 0. The minimum atomic E-state index is -0.375. The van der Waals surface area contributed by atoms with E-state index in [9.17, 15) is 5.11 Å². The van der Waals surface area contributed by atoms with E-state index in [1.54, 1.807) is 0 Å². The monoisotopic (exact) mass is 257 g/mol. The van der Waals surface area contributed by atoms with Gasteiger partial charge in [-0.15, -0.1) is 0 Å². The minimum absolute atomic E-state index is 0.375. The van der Waals surface area contributed by atoms with Crippen molar-refractivity contribution in [3.05, 3.63) is 48.0 Å². The van der Waals surface area contributed by atoms with Crippen molar-refractivity contribution in [3.8, 4) is 0 Å². The van der Waals surface area contributed by atoms with Gasteiger partial charge in [0.15, 0.2) is 0 Å². The van der Waals surface area contributed by atoms with Gasteiger partial charge in [-0.2, -0.15) is 0 Å². The van der Waals surface area contributed by atoms with Crippen LogP contribution in [0.15, 0.2) is 42.5 Å². The van der Waals surface area contributed by atoms with Crippen LogP contribution in [0.25, 0.3) is 0 Å². The summed E-state index contributed by atoms with van der Waals surface area (Å²) in [6, 6.07) is 9.96. The molecule has 2 heteroatoms. The standard InChI is InChI=1S/C17H23NO/c1-18(11-16-10-13-7-8-15(16)9-13)12-17(19)14-5-3-2-4-6-14/h2-8,13,15-17,19H,9-12H2,1H3/t13-,15-,16+,17-/m0/s1. The quantitative estimate of drug-likeness (QED) is 0.820. The molecular formula is C17H23NO. The third-order valence-corrected chi connectivity index (χ3v) is 4.63. The highest BCUT2D eigenvalue weighted by Gasteiger charge is 2.35. The lowest BCUT2D eigenvalue weighted by Crippen LogP contribution is -2.31. The van der Waals surface area contributed by atoms with Crippen LogP contribution in [0.5, 0.6) is 0 Å². The SMILES string of the molecule is CN(C[C@H]1C[C@H]2C=C[C@H]1C2)C[C@H](O)c1ccccc1. The molecule has 0 aromatic heterocycles. The van der Waals surface area contributed by atoms with Gasteiger partial charge in [0, 0.05) is 13.1 Å². The highest BCUT2D eigenvalue weighted by molar-refractivity contribution is 5.17. The third kappa shape index (κ3) is 2.90. The van der Waals surface area contributed by atoms with Crippen LogP contribution < -0.4 is 0 Å². The second-order valence-electron chi connectivity index (χ2n) is 6.19. The lowest BCUT2D eigenvalue weighted by Gasteiger charge is -2.27. The van der Waals surface area contributed by atoms with E-state index in [0.29, 0.717) is 0 Å². The molecule has 0 heterocycles. The molecule has 0 radical (unpaired) electrons. The number of hydrogen-bond donors (Lipinski definition) is 1. The average molecular weight is 257 g/mol. The molecule has 1 saturated carbocycles. The van der Waals surface area contributed by atoms with Gasteiger partial charge < -0.3 is 10.0 Å². The molecule has 0 spiro atoms. The van der Waals surface area contributed by atoms with Crippen LogP contribution in [-0.2, 0) is 0 Å². The van der Waals surface area contributed by atoms with Gasteiger partial charge in [0.1, 0.15) is 0 Å². The zero-order valence-electron chi connectivity index (χ0n) is 11.6.